The first-order valence-electron chi connectivity index (χ1n) is 14.0. The van der Waals surface area contributed by atoms with Crippen LogP contribution in [-0.4, -0.2) is 21.7 Å². The molecule has 0 saturated heterocycles. The molecule has 206 valence electrons. The lowest BCUT2D eigenvalue weighted by atomic mass is 9.95. The van der Waals surface area contributed by atoms with Crippen molar-refractivity contribution in [1.82, 2.24) is 9.13 Å². The van der Waals surface area contributed by atoms with E-state index in [9.17, 15) is 9.59 Å². The van der Waals surface area contributed by atoms with E-state index < -0.39 is 12.0 Å². The van der Waals surface area contributed by atoms with Gasteiger partial charge in [-0.2, -0.15) is 0 Å². The highest BCUT2D eigenvalue weighted by molar-refractivity contribution is 7.10. The van der Waals surface area contributed by atoms with Crippen molar-refractivity contribution in [1.29, 1.82) is 0 Å². The molecular formula is C32H33N3O3S2. The number of aromatic nitrogens is 2. The normalized spacial score (nSPS) is 18.1. The van der Waals surface area contributed by atoms with Gasteiger partial charge in [0.15, 0.2) is 4.80 Å². The molecule has 40 heavy (non-hydrogen) atoms. The quantitative estimate of drug-likeness (QED) is 0.270. The number of thiazole rings is 1. The molecule has 1 saturated carbocycles. The molecule has 0 unspecified atom stereocenters. The molecule has 0 N–H and O–H groups in total. The zero-order valence-electron chi connectivity index (χ0n) is 23.1. The van der Waals surface area contributed by atoms with Crippen molar-refractivity contribution in [2.75, 3.05) is 6.61 Å². The van der Waals surface area contributed by atoms with Gasteiger partial charge in [-0.1, -0.05) is 67.0 Å². The van der Waals surface area contributed by atoms with Gasteiger partial charge in [-0.3, -0.25) is 9.36 Å². The summed E-state index contributed by atoms with van der Waals surface area (Å²) in [6.45, 7) is 6.35. The Morgan fingerprint density at radius 3 is 2.55 bits per heavy atom. The lowest BCUT2D eigenvalue weighted by Gasteiger charge is -2.26. The zero-order valence-corrected chi connectivity index (χ0v) is 24.7. The van der Waals surface area contributed by atoms with Crippen LogP contribution in [0.4, 0.5) is 0 Å². The highest BCUT2D eigenvalue weighted by atomic mass is 32.1. The number of hydrogen-bond acceptors (Lipinski definition) is 6. The molecule has 1 aliphatic carbocycles. The van der Waals surface area contributed by atoms with Crippen LogP contribution < -0.4 is 14.9 Å². The Bertz CT molecular complexity index is 1750. The van der Waals surface area contributed by atoms with Crippen molar-refractivity contribution in [2.45, 2.75) is 65.0 Å². The van der Waals surface area contributed by atoms with Crippen LogP contribution >= 0.6 is 22.7 Å². The summed E-state index contributed by atoms with van der Waals surface area (Å²) < 4.78 is 10.3. The average molecular weight is 572 g/mol. The number of carbonyl (C=O) groups is 1. The number of esters is 1. The van der Waals surface area contributed by atoms with Gasteiger partial charge in [0.2, 0.25) is 0 Å². The minimum Gasteiger partial charge on any atom is -0.463 e. The first-order valence-corrected chi connectivity index (χ1v) is 15.7. The van der Waals surface area contributed by atoms with E-state index in [4.69, 9.17) is 9.73 Å². The molecule has 1 atom stereocenters. The molecule has 0 bridgehead atoms. The van der Waals surface area contributed by atoms with Gasteiger partial charge in [-0.15, -0.1) is 11.3 Å². The van der Waals surface area contributed by atoms with E-state index in [1.165, 1.54) is 66.2 Å². The maximum absolute atomic E-state index is 14.1. The smallest absolute Gasteiger partial charge is 0.338 e. The minimum absolute atomic E-state index is 0.140. The molecular weight excluding hydrogens is 539 g/mol. The highest BCUT2D eigenvalue weighted by Crippen LogP contribution is 2.37. The summed E-state index contributed by atoms with van der Waals surface area (Å²) in [5, 5.41) is 1.97. The molecule has 2 aliphatic rings. The summed E-state index contributed by atoms with van der Waals surface area (Å²) in [6, 6.07) is 15.7. The number of fused-ring (bicyclic) bond motifs is 1. The van der Waals surface area contributed by atoms with Gasteiger partial charge in [0, 0.05) is 27.9 Å². The number of aryl methyl sites for hydroxylation is 1. The van der Waals surface area contributed by atoms with E-state index in [2.05, 4.69) is 24.5 Å². The third kappa shape index (κ3) is 4.73. The van der Waals surface area contributed by atoms with Crippen LogP contribution in [0, 0.1) is 13.8 Å². The fraction of sp³-hybridized carbons (Fsp3) is 0.344. The minimum atomic E-state index is -0.609. The first kappa shape index (κ1) is 26.7. The van der Waals surface area contributed by atoms with Crippen LogP contribution in [0.1, 0.15) is 78.5 Å². The lowest BCUT2D eigenvalue weighted by molar-refractivity contribution is -0.138. The maximum Gasteiger partial charge on any atom is 0.338 e. The third-order valence-electron chi connectivity index (χ3n) is 7.94. The second kappa shape index (κ2) is 11.2. The molecule has 6 rings (SSSR count). The summed E-state index contributed by atoms with van der Waals surface area (Å²) >= 11 is 2.90. The average Bonchev–Trinajstić information content (AvgIpc) is 3.68. The van der Waals surface area contributed by atoms with E-state index in [0.717, 1.165) is 16.0 Å². The van der Waals surface area contributed by atoms with E-state index in [1.54, 1.807) is 11.5 Å². The standard InChI is InChI=1S/C32H33N3O3S2/c1-4-38-31(37)27-28(22-12-7-5-8-13-22)33-32-35(29(27)25-16-11-17-39-25)30(36)26(40-32)19-23-18-20(2)34(21(23)3)24-14-9-6-10-15-24/h5,7-8,11-13,16-19,24,29H,4,6,9-10,14-15H2,1-3H3/t29-/m0/s1. The SMILES string of the molecule is CCOC(=O)C1=C(c2ccccc2)N=c2sc(=Cc3cc(C)n(C4CCCCC4)c3C)c(=O)n2[C@H]1c1cccs1. The number of thiophene rings is 1. The number of nitrogens with zero attached hydrogens (tertiary/aromatic N) is 3. The fourth-order valence-corrected chi connectivity index (χ4v) is 7.96. The predicted octanol–water partition coefficient (Wildman–Crippen LogP) is 5.92. The van der Waals surface area contributed by atoms with Crippen molar-refractivity contribution in [3.05, 3.63) is 107 Å². The fourth-order valence-electron chi connectivity index (χ4n) is 6.15. The molecule has 1 aliphatic heterocycles. The Labute approximate surface area is 241 Å². The van der Waals surface area contributed by atoms with Gasteiger partial charge in [0.1, 0.15) is 6.04 Å². The molecule has 8 heteroatoms. The predicted molar refractivity (Wildman–Crippen MR) is 161 cm³/mol. The van der Waals surface area contributed by atoms with Gasteiger partial charge in [0.25, 0.3) is 5.56 Å². The summed E-state index contributed by atoms with van der Waals surface area (Å²) in [7, 11) is 0. The van der Waals surface area contributed by atoms with Crippen LogP contribution in [-0.2, 0) is 9.53 Å². The van der Waals surface area contributed by atoms with Crippen molar-refractivity contribution in [2.24, 2.45) is 4.99 Å². The molecule has 4 aromatic rings. The van der Waals surface area contributed by atoms with E-state index >= 15 is 0 Å². The molecule has 0 radical (unpaired) electrons. The topological polar surface area (TPSA) is 65.6 Å². The second-order valence-corrected chi connectivity index (χ2v) is 12.4. The Hall–Kier alpha value is -3.49. The van der Waals surface area contributed by atoms with Crippen LogP contribution in [0.15, 0.2) is 69.3 Å². The van der Waals surface area contributed by atoms with Crippen molar-refractivity contribution >= 4 is 40.4 Å². The monoisotopic (exact) mass is 571 g/mol. The van der Waals surface area contributed by atoms with Gasteiger partial charge in [0.05, 0.1) is 22.4 Å². The lowest BCUT2D eigenvalue weighted by Crippen LogP contribution is -2.39. The van der Waals surface area contributed by atoms with Crippen molar-refractivity contribution in [3.63, 3.8) is 0 Å². The Morgan fingerprint density at radius 1 is 1.07 bits per heavy atom. The number of hydrogen-bond donors (Lipinski definition) is 0. The van der Waals surface area contributed by atoms with Crippen molar-refractivity contribution < 1.29 is 9.53 Å². The van der Waals surface area contributed by atoms with Gasteiger partial charge >= 0.3 is 5.97 Å². The molecule has 4 heterocycles. The van der Waals surface area contributed by atoms with Crippen LogP contribution in [0.25, 0.3) is 11.8 Å². The van der Waals surface area contributed by atoms with Crippen LogP contribution in [0.2, 0.25) is 0 Å². The largest absolute Gasteiger partial charge is 0.463 e. The molecule has 1 aromatic carbocycles. The molecule has 1 fully saturated rings. The first-order chi connectivity index (χ1) is 19.5. The molecule has 3 aromatic heterocycles. The van der Waals surface area contributed by atoms with Crippen molar-refractivity contribution in [3.8, 4) is 0 Å². The van der Waals surface area contributed by atoms with E-state index in [0.29, 0.717) is 26.6 Å². The summed E-state index contributed by atoms with van der Waals surface area (Å²) in [4.78, 5) is 34.0. The second-order valence-electron chi connectivity index (χ2n) is 10.4. The Balaban J connectivity index is 1.56. The third-order valence-corrected chi connectivity index (χ3v) is 9.84. The number of ether oxygens (including phenoxy) is 1. The summed E-state index contributed by atoms with van der Waals surface area (Å²) in [5.41, 5.74) is 5.12. The zero-order chi connectivity index (χ0) is 27.8. The van der Waals surface area contributed by atoms with E-state index in [1.807, 2.05) is 53.9 Å². The number of carbonyl (C=O) groups excluding carboxylic acids is 1. The molecule has 0 spiro atoms. The number of benzene rings is 1. The van der Waals surface area contributed by atoms with Gasteiger partial charge in [-0.25, -0.2) is 9.79 Å². The maximum atomic E-state index is 14.1. The van der Waals surface area contributed by atoms with Gasteiger partial charge in [-0.05, 0) is 62.8 Å². The molecule has 6 nitrogen and oxygen atoms in total. The molecule has 0 amide bonds. The van der Waals surface area contributed by atoms with Crippen LogP contribution in [0.3, 0.4) is 0 Å². The Kier molecular flexibility index (Phi) is 7.47. The van der Waals surface area contributed by atoms with E-state index in [-0.39, 0.29) is 12.2 Å². The summed E-state index contributed by atoms with van der Waals surface area (Å²) in [5.74, 6) is -0.450. The number of rotatable bonds is 6. The van der Waals surface area contributed by atoms with Crippen LogP contribution in [0.5, 0.6) is 0 Å². The Morgan fingerprint density at radius 2 is 1.85 bits per heavy atom. The van der Waals surface area contributed by atoms with Gasteiger partial charge < -0.3 is 9.30 Å². The summed E-state index contributed by atoms with van der Waals surface area (Å²) in [6.07, 6.45) is 8.27. The highest BCUT2D eigenvalue weighted by Gasteiger charge is 2.35.